The van der Waals surface area contributed by atoms with Gasteiger partial charge in [-0.1, -0.05) is 13.8 Å². The molecule has 1 amide bonds. The van der Waals surface area contributed by atoms with Crippen molar-refractivity contribution in [1.82, 2.24) is 15.1 Å². The van der Waals surface area contributed by atoms with Gasteiger partial charge in [0.05, 0.1) is 18.0 Å². The lowest BCUT2D eigenvalue weighted by molar-refractivity contribution is 0.0889. The number of carbonyl (C=O) groups is 1. The molecule has 6 heteroatoms. The molecule has 2 aromatic heterocycles. The van der Waals surface area contributed by atoms with Crippen LogP contribution in [-0.4, -0.2) is 26.8 Å². The van der Waals surface area contributed by atoms with Crippen LogP contribution in [0.1, 0.15) is 74.1 Å². The third kappa shape index (κ3) is 4.26. The molecule has 0 saturated carbocycles. The topological polar surface area (TPSA) is 80.3 Å². The van der Waals surface area contributed by atoms with Crippen LogP contribution in [0.2, 0.25) is 0 Å². The van der Waals surface area contributed by atoms with Gasteiger partial charge in [-0.2, -0.15) is 5.10 Å². The van der Waals surface area contributed by atoms with E-state index in [0.717, 1.165) is 18.5 Å². The van der Waals surface area contributed by atoms with Crippen LogP contribution >= 0.6 is 0 Å². The number of furan rings is 1. The fourth-order valence-corrected chi connectivity index (χ4v) is 2.89. The van der Waals surface area contributed by atoms with Gasteiger partial charge in [-0.15, -0.1) is 0 Å². The zero-order valence-electron chi connectivity index (χ0n) is 14.8. The van der Waals surface area contributed by atoms with Crippen molar-refractivity contribution in [2.45, 2.75) is 65.1 Å². The van der Waals surface area contributed by atoms with E-state index in [-0.39, 0.29) is 18.0 Å². The summed E-state index contributed by atoms with van der Waals surface area (Å²) in [6.07, 6.45) is 3.02. The lowest BCUT2D eigenvalue weighted by Gasteiger charge is -2.19. The number of carbonyl (C=O) groups excluding carboxylic acids is 1. The predicted octanol–water partition coefficient (Wildman–Crippen LogP) is 3.39. The van der Waals surface area contributed by atoms with Gasteiger partial charge in [0, 0.05) is 12.5 Å². The average Bonchev–Trinajstić information content (AvgIpc) is 3.18. The van der Waals surface area contributed by atoms with E-state index in [1.807, 2.05) is 24.6 Å². The number of hydrogen-bond acceptors (Lipinski definition) is 4. The molecule has 132 valence electrons. The van der Waals surface area contributed by atoms with E-state index in [4.69, 9.17) is 4.42 Å². The van der Waals surface area contributed by atoms with Crippen LogP contribution in [0.25, 0.3) is 0 Å². The van der Waals surface area contributed by atoms with Crippen LogP contribution in [0.5, 0.6) is 0 Å². The van der Waals surface area contributed by atoms with Gasteiger partial charge in [-0.3, -0.25) is 9.48 Å². The maximum Gasteiger partial charge on any atom is 0.269 e. The molecular formula is C18H27N3O3. The molecule has 2 heterocycles. The average molecular weight is 333 g/mol. The molecule has 0 radical (unpaired) electrons. The van der Waals surface area contributed by atoms with Crippen molar-refractivity contribution in [3.8, 4) is 0 Å². The quantitative estimate of drug-likeness (QED) is 0.776. The minimum atomic E-state index is -0.735. The molecule has 0 saturated heterocycles. The summed E-state index contributed by atoms with van der Waals surface area (Å²) in [7, 11) is 0. The van der Waals surface area contributed by atoms with Crippen LogP contribution in [0, 0.1) is 6.92 Å². The lowest BCUT2D eigenvalue weighted by Crippen LogP contribution is -2.35. The van der Waals surface area contributed by atoms with E-state index in [2.05, 4.69) is 24.3 Å². The number of nitrogens with one attached hydrogen (secondary N) is 1. The number of rotatable bonds is 8. The molecule has 2 aromatic rings. The van der Waals surface area contributed by atoms with E-state index < -0.39 is 6.10 Å². The first-order chi connectivity index (χ1) is 11.5. The second kappa shape index (κ2) is 8.15. The predicted molar refractivity (Wildman–Crippen MR) is 91.8 cm³/mol. The van der Waals surface area contributed by atoms with Crippen LogP contribution in [-0.2, 0) is 0 Å². The SMILES string of the molecule is CCC(CC)n1nc(C)cc1C(=O)NC(C)CC(O)c1ccco1. The summed E-state index contributed by atoms with van der Waals surface area (Å²) in [5.74, 6) is 0.343. The Labute approximate surface area is 142 Å². The van der Waals surface area contributed by atoms with E-state index in [0.29, 0.717) is 17.9 Å². The van der Waals surface area contributed by atoms with Crippen molar-refractivity contribution in [3.63, 3.8) is 0 Å². The number of aliphatic hydroxyl groups is 1. The number of nitrogens with zero attached hydrogens (tertiary/aromatic N) is 2. The first-order valence-electron chi connectivity index (χ1n) is 8.54. The molecule has 0 aliphatic carbocycles. The minimum absolute atomic E-state index is 0.165. The number of amides is 1. The van der Waals surface area contributed by atoms with Gasteiger partial charge in [0.2, 0.25) is 0 Å². The number of aliphatic hydroxyl groups excluding tert-OH is 1. The highest BCUT2D eigenvalue weighted by molar-refractivity contribution is 5.92. The van der Waals surface area contributed by atoms with Gasteiger partial charge in [0.1, 0.15) is 17.6 Å². The van der Waals surface area contributed by atoms with E-state index in [1.165, 1.54) is 6.26 Å². The second-order valence-electron chi connectivity index (χ2n) is 6.23. The summed E-state index contributed by atoms with van der Waals surface area (Å²) in [5.41, 5.74) is 1.40. The van der Waals surface area contributed by atoms with Crippen LogP contribution in [0.15, 0.2) is 28.9 Å². The Bertz CT molecular complexity index is 645. The largest absolute Gasteiger partial charge is 0.467 e. The third-order valence-corrected chi connectivity index (χ3v) is 4.20. The highest BCUT2D eigenvalue weighted by Crippen LogP contribution is 2.20. The third-order valence-electron chi connectivity index (χ3n) is 4.20. The zero-order valence-corrected chi connectivity index (χ0v) is 14.8. The van der Waals surface area contributed by atoms with Gasteiger partial charge in [-0.25, -0.2) is 0 Å². The Morgan fingerprint density at radius 2 is 2.12 bits per heavy atom. The first kappa shape index (κ1) is 18.3. The molecule has 2 N–H and O–H groups in total. The summed E-state index contributed by atoms with van der Waals surface area (Å²) in [5, 5.41) is 17.5. The van der Waals surface area contributed by atoms with Crippen LogP contribution in [0.3, 0.4) is 0 Å². The summed E-state index contributed by atoms with van der Waals surface area (Å²) < 4.78 is 7.01. The van der Waals surface area contributed by atoms with Gasteiger partial charge >= 0.3 is 0 Å². The van der Waals surface area contributed by atoms with Crippen LogP contribution < -0.4 is 5.32 Å². The van der Waals surface area contributed by atoms with Crippen molar-refractivity contribution in [2.75, 3.05) is 0 Å². The Kier molecular flexibility index (Phi) is 6.20. The van der Waals surface area contributed by atoms with E-state index >= 15 is 0 Å². The van der Waals surface area contributed by atoms with Crippen molar-refractivity contribution in [3.05, 3.63) is 41.6 Å². The lowest BCUT2D eigenvalue weighted by atomic mass is 10.1. The van der Waals surface area contributed by atoms with Crippen molar-refractivity contribution >= 4 is 5.91 Å². The molecule has 0 fully saturated rings. The van der Waals surface area contributed by atoms with Gasteiger partial charge in [-0.05, 0) is 44.9 Å². The monoisotopic (exact) mass is 333 g/mol. The molecule has 2 unspecified atom stereocenters. The van der Waals surface area contributed by atoms with Gasteiger partial charge in [0.15, 0.2) is 0 Å². The maximum atomic E-state index is 12.6. The summed E-state index contributed by atoms with van der Waals surface area (Å²) in [4.78, 5) is 12.6. The number of hydrogen-bond donors (Lipinski definition) is 2. The fourth-order valence-electron chi connectivity index (χ4n) is 2.89. The molecule has 6 nitrogen and oxygen atoms in total. The van der Waals surface area contributed by atoms with Crippen molar-refractivity contribution < 1.29 is 14.3 Å². The molecule has 0 aromatic carbocycles. The highest BCUT2D eigenvalue weighted by Gasteiger charge is 2.21. The van der Waals surface area contributed by atoms with Gasteiger partial charge in [0.25, 0.3) is 5.91 Å². The molecule has 2 atom stereocenters. The Morgan fingerprint density at radius 3 is 2.71 bits per heavy atom. The normalized spacial score (nSPS) is 13.9. The van der Waals surface area contributed by atoms with E-state index in [9.17, 15) is 9.90 Å². The standard InChI is InChI=1S/C18H27N3O3/c1-5-14(6-2)21-15(10-13(4)20-21)18(23)19-12(3)11-16(22)17-8-7-9-24-17/h7-10,12,14,16,22H,5-6,11H2,1-4H3,(H,19,23). The van der Waals surface area contributed by atoms with Gasteiger partial charge < -0.3 is 14.8 Å². The smallest absolute Gasteiger partial charge is 0.269 e. The summed E-state index contributed by atoms with van der Waals surface area (Å²) in [6.45, 7) is 7.94. The minimum Gasteiger partial charge on any atom is -0.467 e. The Balaban J connectivity index is 2.04. The molecule has 0 bridgehead atoms. The van der Waals surface area contributed by atoms with Crippen molar-refractivity contribution in [2.24, 2.45) is 0 Å². The van der Waals surface area contributed by atoms with E-state index in [1.54, 1.807) is 12.1 Å². The molecule has 2 rings (SSSR count). The number of aromatic nitrogens is 2. The fraction of sp³-hybridized carbons (Fsp3) is 0.556. The molecular weight excluding hydrogens is 306 g/mol. The highest BCUT2D eigenvalue weighted by atomic mass is 16.4. The maximum absolute atomic E-state index is 12.6. The van der Waals surface area contributed by atoms with Crippen LogP contribution in [0.4, 0.5) is 0 Å². The molecule has 24 heavy (non-hydrogen) atoms. The molecule has 0 spiro atoms. The molecule has 0 aliphatic rings. The summed E-state index contributed by atoms with van der Waals surface area (Å²) >= 11 is 0. The summed E-state index contributed by atoms with van der Waals surface area (Å²) in [6, 6.07) is 5.29. The second-order valence-corrected chi connectivity index (χ2v) is 6.23. The van der Waals surface area contributed by atoms with Crippen molar-refractivity contribution in [1.29, 1.82) is 0 Å². The number of aryl methyl sites for hydroxylation is 1. The Morgan fingerprint density at radius 1 is 1.42 bits per heavy atom. The zero-order chi connectivity index (χ0) is 17.7. The first-order valence-corrected chi connectivity index (χ1v) is 8.54. The Hall–Kier alpha value is -2.08. The molecule has 0 aliphatic heterocycles.